The molecule has 188 valence electrons. The number of amides is 1. The highest BCUT2D eigenvalue weighted by atomic mass is 32.2. The second kappa shape index (κ2) is 9.66. The molecule has 2 aromatic heterocycles. The van der Waals surface area contributed by atoms with Crippen molar-refractivity contribution < 1.29 is 22.7 Å². The van der Waals surface area contributed by atoms with Gasteiger partial charge in [-0.2, -0.15) is 13.2 Å². The van der Waals surface area contributed by atoms with E-state index in [1.807, 2.05) is 24.3 Å². The molecule has 1 amide bonds. The molecule has 3 aromatic carbocycles. The van der Waals surface area contributed by atoms with E-state index in [0.717, 1.165) is 28.7 Å². The third-order valence-corrected chi connectivity index (χ3v) is 6.58. The fraction of sp³-hybridized carbons (Fsp3) is 0.115. The molecule has 0 bridgehead atoms. The van der Waals surface area contributed by atoms with Crippen molar-refractivity contribution in [3.05, 3.63) is 88.7 Å². The van der Waals surface area contributed by atoms with E-state index in [1.165, 1.54) is 29.9 Å². The number of rotatable bonds is 6. The van der Waals surface area contributed by atoms with Crippen LogP contribution in [0.15, 0.2) is 82.7 Å². The highest BCUT2D eigenvalue weighted by Gasteiger charge is 2.33. The summed E-state index contributed by atoms with van der Waals surface area (Å²) in [7, 11) is 1.50. The first-order chi connectivity index (χ1) is 17.8. The van der Waals surface area contributed by atoms with Crippen LogP contribution in [0.5, 0.6) is 5.75 Å². The Balaban J connectivity index is 1.54. The van der Waals surface area contributed by atoms with Crippen LogP contribution >= 0.6 is 11.8 Å². The van der Waals surface area contributed by atoms with Crippen LogP contribution in [0.3, 0.4) is 0 Å². The minimum Gasteiger partial charge on any atom is -0.497 e. The summed E-state index contributed by atoms with van der Waals surface area (Å²) in [5.41, 5.74) is 0.234. The van der Waals surface area contributed by atoms with Gasteiger partial charge in [0.15, 0.2) is 5.16 Å². The lowest BCUT2D eigenvalue weighted by Crippen LogP contribution is -2.23. The molecule has 0 aliphatic heterocycles. The lowest BCUT2D eigenvalue weighted by molar-refractivity contribution is -0.137. The van der Waals surface area contributed by atoms with Gasteiger partial charge in [-0.05, 0) is 30.3 Å². The van der Waals surface area contributed by atoms with E-state index in [-0.39, 0.29) is 27.7 Å². The van der Waals surface area contributed by atoms with E-state index in [4.69, 9.17) is 4.74 Å². The number of nitrogens with one attached hydrogen (secondary N) is 2. The first kappa shape index (κ1) is 24.4. The standard InChI is InChI=1S/C26H19F3N4O3S/c1-36-16-8-6-7-15(13-16)33-24(35)23-22(17-9-2-4-11-19(17)31-23)32-25(33)37-14-21(34)30-20-12-5-3-10-18(20)26(27,28)29/h2-13,31H,14H2,1H3,(H,30,34). The minimum atomic E-state index is -4.62. The van der Waals surface area contributed by atoms with Crippen LogP contribution in [-0.2, 0) is 11.0 Å². The summed E-state index contributed by atoms with van der Waals surface area (Å²) in [6.07, 6.45) is -4.62. The third-order valence-electron chi connectivity index (χ3n) is 5.64. The van der Waals surface area contributed by atoms with Gasteiger partial charge in [-0.25, -0.2) is 4.98 Å². The normalized spacial score (nSPS) is 11.7. The molecule has 37 heavy (non-hydrogen) atoms. The number of halogens is 3. The second-order valence-corrected chi connectivity index (χ2v) is 8.95. The Kier molecular flexibility index (Phi) is 6.38. The summed E-state index contributed by atoms with van der Waals surface area (Å²) >= 11 is 0.941. The van der Waals surface area contributed by atoms with Crippen molar-refractivity contribution >= 4 is 45.3 Å². The molecule has 2 N–H and O–H groups in total. The zero-order chi connectivity index (χ0) is 26.2. The van der Waals surface area contributed by atoms with Crippen molar-refractivity contribution in [2.45, 2.75) is 11.3 Å². The van der Waals surface area contributed by atoms with Crippen molar-refractivity contribution in [2.75, 3.05) is 18.2 Å². The Bertz CT molecular complexity index is 1690. The Labute approximate surface area is 212 Å². The number of carbonyl (C=O) groups excluding carboxylic acids is 1. The summed E-state index contributed by atoms with van der Waals surface area (Å²) in [5, 5.41) is 3.26. The molecular weight excluding hydrogens is 505 g/mol. The number of alkyl halides is 3. The van der Waals surface area contributed by atoms with E-state index in [1.54, 1.807) is 24.3 Å². The van der Waals surface area contributed by atoms with Crippen molar-refractivity contribution in [3.63, 3.8) is 0 Å². The number of fused-ring (bicyclic) bond motifs is 3. The van der Waals surface area contributed by atoms with Crippen LogP contribution in [0.1, 0.15) is 5.56 Å². The van der Waals surface area contributed by atoms with Crippen LogP contribution in [-0.4, -0.2) is 33.3 Å². The van der Waals surface area contributed by atoms with Gasteiger partial charge >= 0.3 is 6.18 Å². The molecular formula is C26H19F3N4O3S. The third kappa shape index (κ3) is 4.77. The predicted octanol–water partition coefficient (Wildman–Crippen LogP) is 5.63. The van der Waals surface area contributed by atoms with Gasteiger partial charge in [0.05, 0.1) is 29.8 Å². The Hall–Kier alpha value is -4.25. The minimum absolute atomic E-state index is 0.203. The van der Waals surface area contributed by atoms with Crippen molar-refractivity contribution in [1.29, 1.82) is 0 Å². The van der Waals surface area contributed by atoms with Crippen LogP contribution < -0.4 is 15.6 Å². The monoisotopic (exact) mass is 524 g/mol. The number of nitrogens with zero attached hydrogens (tertiary/aromatic N) is 2. The Morgan fingerprint density at radius 2 is 1.84 bits per heavy atom. The number of benzene rings is 3. The topological polar surface area (TPSA) is 89.0 Å². The van der Waals surface area contributed by atoms with E-state index in [9.17, 15) is 22.8 Å². The number of hydrogen-bond donors (Lipinski definition) is 2. The molecule has 0 saturated heterocycles. The van der Waals surface area contributed by atoms with Gasteiger partial charge in [0, 0.05) is 17.0 Å². The molecule has 0 saturated carbocycles. The number of para-hydroxylation sites is 2. The fourth-order valence-corrected chi connectivity index (χ4v) is 4.78. The van der Waals surface area contributed by atoms with Gasteiger partial charge in [0.2, 0.25) is 5.91 Å². The number of thioether (sulfide) groups is 1. The molecule has 0 fully saturated rings. The smallest absolute Gasteiger partial charge is 0.418 e. The number of methoxy groups -OCH3 is 1. The lowest BCUT2D eigenvalue weighted by Gasteiger charge is -2.15. The fourth-order valence-electron chi connectivity index (χ4n) is 3.97. The van der Waals surface area contributed by atoms with Gasteiger partial charge in [-0.15, -0.1) is 0 Å². The molecule has 0 atom stereocenters. The van der Waals surface area contributed by atoms with Gasteiger partial charge < -0.3 is 15.0 Å². The number of aromatic nitrogens is 3. The Morgan fingerprint density at radius 3 is 2.62 bits per heavy atom. The number of H-pyrrole nitrogens is 1. The molecule has 5 rings (SSSR count). The highest BCUT2D eigenvalue weighted by Crippen LogP contribution is 2.35. The summed E-state index contributed by atoms with van der Waals surface area (Å²) in [5.74, 6) is -0.443. The number of carbonyl (C=O) groups is 1. The number of hydrogen-bond acceptors (Lipinski definition) is 5. The summed E-state index contributed by atoms with van der Waals surface area (Å²) in [4.78, 5) is 34.1. The molecule has 7 nitrogen and oxygen atoms in total. The molecule has 0 aliphatic rings. The summed E-state index contributed by atoms with van der Waals surface area (Å²) < 4.78 is 46.6. The van der Waals surface area contributed by atoms with E-state index >= 15 is 0 Å². The average Bonchev–Trinajstić information content (AvgIpc) is 3.26. The number of anilines is 1. The second-order valence-electron chi connectivity index (χ2n) is 8.01. The van der Waals surface area contributed by atoms with E-state index in [0.29, 0.717) is 17.0 Å². The number of ether oxygens (including phenoxy) is 1. The van der Waals surface area contributed by atoms with Crippen molar-refractivity contribution in [1.82, 2.24) is 14.5 Å². The van der Waals surface area contributed by atoms with Crippen LogP contribution in [0, 0.1) is 0 Å². The quantitative estimate of drug-likeness (QED) is 0.222. The highest BCUT2D eigenvalue weighted by molar-refractivity contribution is 7.99. The van der Waals surface area contributed by atoms with Gasteiger partial charge in [0.25, 0.3) is 5.56 Å². The SMILES string of the molecule is COc1cccc(-n2c(SCC(=O)Nc3ccccc3C(F)(F)F)nc3c([nH]c4ccccc43)c2=O)c1. The first-order valence-corrected chi connectivity index (χ1v) is 12.0. The maximum Gasteiger partial charge on any atom is 0.418 e. The molecule has 5 aromatic rings. The van der Waals surface area contributed by atoms with Crippen molar-refractivity contribution in [3.8, 4) is 11.4 Å². The zero-order valence-corrected chi connectivity index (χ0v) is 20.1. The Morgan fingerprint density at radius 1 is 1.08 bits per heavy atom. The summed E-state index contributed by atoms with van der Waals surface area (Å²) in [6.45, 7) is 0. The zero-order valence-electron chi connectivity index (χ0n) is 19.3. The molecule has 0 spiro atoms. The van der Waals surface area contributed by atoms with Crippen molar-refractivity contribution in [2.24, 2.45) is 0 Å². The van der Waals surface area contributed by atoms with Gasteiger partial charge in [0.1, 0.15) is 16.8 Å². The van der Waals surface area contributed by atoms with Crippen LogP contribution in [0.25, 0.3) is 27.6 Å². The summed E-state index contributed by atoms with van der Waals surface area (Å²) in [6, 6.07) is 18.8. The molecule has 11 heteroatoms. The molecule has 0 unspecified atom stereocenters. The number of aromatic amines is 1. The first-order valence-electron chi connectivity index (χ1n) is 11.0. The maximum absolute atomic E-state index is 13.6. The molecule has 2 heterocycles. The van der Waals surface area contributed by atoms with E-state index < -0.39 is 17.6 Å². The largest absolute Gasteiger partial charge is 0.497 e. The van der Waals surface area contributed by atoms with Gasteiger partial charge in [-0.1, -0.05) is 48.2 Å². The van der Waals surface area contributed by atoms with Crippen LogP contribution in [0.4, 0.5) is 18.9 Å². The van der Waals surface area contributed by atoms with Gasteiger partial charge in [-0.3, -0.25) is 14.2 Å². The predicted molar refractivity (Wildman–Crippen MR) is 137 cm³/mol. The average molecular weight is 525 g/mol. The molecule has 0 aliphatic carbocycles. The maximum atomic E-state index is 13.6. The lowest BCUT2D eigenvalue weighted by atomic mass is 10.1. The van der Waals surface area contributed by atoms with Crippen LogP contribution in [0.2, 0.25) is 0 Å². The van der Waals surface area contributed by atoms with E-state index in [2.05, 4.69) is 15.3 Å². The molecule has 0 radical (unpaired) electrons.